The summed E-state index contributed by atoms with van der Waals surface area (Å²) in [6.07, 6.45) is 1.26. The largest absolute Gasteiger partial charge is 0.496 e. The number of fused-ring (bicyclic) bond motifs is 1. The fourth-order valence-electron chi connectivity index (χ4n) is 4.98. The number of nitrogens with zero attached hydrogens (tertiary/aromatic N) is 1. The Hall–Kier alpha value is -3.87. The predicted octanol–water partition coefficient (Wildman–Crippen LogP) is 4.65. The Balaban J connectivity index is 1.44. The molecule has 1 heterocycles. The van der Waals surface area contributed by atoms with Crippen LogP contribution in [0, 0.1) is 11.7 Å². The molecule has 0 aromatic heterocycles. The molecule has 3 aromatic rings. The highest BCUT2D eigenvalue weighted by molar-refractivity contribution is 5.84. The van der Waals surface area contributed by atoms with Crippen molar-refractivity contribution in [3.05, 3.63) is 83.2 Å². The molecule has 1 aliphatic heterocycles. The molecule has 5 rings (SSSR count). The Labute approximate surface area is 202 Å². The van der Waals surface area contributed by atoms with Crippen molar-refractivity contribution in [3.63, 3.8) is 0 Å². The number of hydrogen-bond donors (Lipinski definition) is 1. The Bertz CT molecular complexity index is 1280. The lowest BCUT2D eigenvalue weighted by Gasteiger charge is -2.31. The molecule has 0 spiro atoms. The first kappa shape index (κ1) is 22.9. The first-order valence-electron chi connectivity index (χ1n) is 11.6. The fourth-order valence-corrected chi connectivity index (χ4v) is 4.98. The van der Waals surface area contributed by atoms with Gasteiger partial charge in [-0.3, -0.25) is 4.79 Å². The van der Waals surface area contributed by atoms with E-state index < -0.39 is 12.6 Å². The van der Waals surface area contributed by atoms with E-state index in [1.807, 2.05) is 23.1 Å². The molecule has 1 aliphatic carbocycles. The summed E-state index contributed by atoms with van der Waals surface area (Å²) in [6.45, 7) is 0.311. The lowest BCUT2D eigenvalue weighted by atomic mass is 9.90. The molecule has 0 radical (unpaired) electrons. The molecule has 2 aliphatic rings. The van der Waals surface area contributed by atoms with Gasteiger partial charge < -0.3 is 19.5 Å². The Morgan fingerprint density at radius 3 is 2.60 bits per heavy atom. The number of aliphatic carboxylic acids is 1. The molecular weight excluding hydrogens is 449 g/mol. The second kappa shape index (κ2) is 9.41. The number of benzene rings is 3. The van der Waals surface area contributed by atoms with Crippen LogP contribution in [0.2, 0.25) is 0 Å². The van der Waals surface area contributed by atoms with Gasteiger partial charge in [-0.05, 0) is 65.3 Å². The van der Waals surface area contributed by atoms with Gasteiger partial charge >= 0.3 is 5.97 Å². The normalized spacial score (nSPS) is 18.5. The fraction of sp³-hybridized carbons (Fsp3) is 0.286. The summed E-state index contributed by atoms with van der Waals surface area (Å²) in [5.41, 5.74) is 3.93. The zero-order chi connectivity index (χ0) is 24.5. The maximum absolute atomic E-state index is 14.8. The molecule has 1 saturated carbocycles. The summed E-state index contributed by atoms with van der Waals surface area (Å²) in [6, 6.07) is 18.2. The van der Waals surface area contributed by atoms with Crippen molar-refractivity contribution in [1.82, 2.24) is 4.90 Å². The van der Waals surface area contributed by atoms with Crippen molar-refractivity contribution < 1.29 is 28.6 Å². The molecule has 0 saturated heterocycles. The Morgan fingerprint density at radius 1 is 1.06 bits per heavy atom. The highest BCUT2D eigenvalue weighted by Gasteiger charge is 2.46. The first-order chi connectivity index (χ1) is 17.0. The van der Waals surface area contributed by atoms with Gasteiger partial charge in [0.05, 0.1) is 7.11 Å². The number of carbonyl (C=O) groups excluding carboxylic acids is 1. The molecule has 2 atom stereocenters. The van der Waals surface area contributed by atoms with Crippen molar-refractivity contribution in [3.8, 4) is 22.6 Å². The van der Waals surface area contributed by atoms with Crippen LogP contribution in [0.25, 0.3) is 11.1 Å². The molecule has 0 bridgehead atoms. The van der Waals surface area contributed by atoms with Crippen molar-refractivity contribution in [2.45, 2.75) is 25.3 Å². The van der Waals surface area contributed by atoms with Gasteiger partial charge in [-0.25, -0.2) is 9.18 Å². The van der Waals surface area contributed by atoms with Gasteiger partial charge in [0.25, 0.3) is 0 Å². The summed E-state index contributed by atoms with van der Waals surface area (Å²) in [7, 11) is 1.54. The second-order valence-electron chi connectivity index (χ2n) is 8.97. The predicted molar refractivity (Wildman–Crippen MR) is 128 cm³/mol. The topological polar surface area (TPSA) is 76.1 Å². The summed E-state index contributed by atoms with van der Waals surface area (Å²) in [5.74, 6) is -0.153. The van der Waals surface area contributed by atoms with E-state index in [1.54, 1.807) is 31.4 Å². The Kier molecular flexibility index (Phi) is 6.16. The average Bonchev–Trinajstić information content (AvgIpc) is 3.68. The molecule has 3 aromatic carbocycles. The highest BCUT2D eigenvalue weighted by Crippen LogP contribution is 2.49. The van der Waals surface area contributed by atoms with Gasteiger partial charge in [-0.1, -0.05) is 36.4 Å². The molecule has 7 heteroatoms. The maximum atomic E-state index is 14.8. The second-order valence-corrected chi connectivity index (χ2v) is 8.97. The zero-order valence-electron chi connectivity index (χ0n) is 19.4. The molecule has 6 nitrogen and oxygen atoms in total. The minimum absolute atomic E-state index is 0.0433. The van der Waals surface area contributed by atoms with Crippen LogP contribution < -0.4 is 9.47 Å². The quantitative estimate of drug-likeness (QED) is 0.538. The third kappa shape index (κ3) is 4.58. The number of ether oxygens (including phenoxy) is 2. The van der Waals surface area contributed by atoms with Crippen molar-refractivity contribution >= 4 is 11.9 Å². The molecule has 1 N–H and O–H groups in total. The van der Waals surface area contributed by atoms with Gasteiger partial charge in [0.1, 0.15) is 17.3 Å². The summed E-state index contributed by atoms with van der Waals surface area (Å²) < 4.78 is 25.7. The smallest absolute Gasteiger partial charge is 0.341 e. The van der Waals surface area contributed by atoms with Crippen molar-refractivity contribution in [1.29, 1.82) is 0 Å². The standard InChI is InChI=1S/C28H26FNO5/c1-34-26-10-7-18(35-16-27(31)32)13-22(26)19-8-9-25(29)20-11-12-30(15-24(19)20)28(33)23-14-21(23)17-5-3-2-4-6-17/h2-10,13,21,23H,11-12,14-16H2,1H3,(H,31,32)/t21-,23+/m0/s1. The third-order valence-electron chi connectivity index (χ3n) is 6.83. The zero-order valence-corrected chi connectivity index (χ0v) is 19.4. The van der Waals surface area contributed by atoms with E-state index in [0.717, 1.165) is 17.5 Å². The van der Waals surface area contributed by atoms with Gasteiger partial charge in [0.2, 0.25) is 5.91 Å². The highest BCUT2D eigenvalue weighted by atomic mass is 19.1. The third-order valence-corrected chi connectivity index (χ3v) is 6.83. The first-order valence-corrected chi connectivity index (χ1v) is 11.6. The van der Waals surface area contributed by atoms with E-state index >= 15 is 0 Å². The van der Waals surface area contributed by atoms with E-state index in [2.05, 4.69) is 12.1 Å². The lowest BCUT2D eigenvalue weighted by molar-refractivity contribution is -0.139. The molecule has 35 heavy (non-hydrogen) atoms. The number of methoxy groups -OCH3 is 1. The number of hydrogen-bond acceptors (Lipinski definition) is 4. The number of carboxylic acids is 1. The molecule has 1 fully saturated rings. The minimum Gasteiger partial charge on any atom is -0.496 e. The minimum atomic E-state index is -1.08. The van der Waals surface area contributed by atoms with Crippen LogP contribution >= 0.6 is 0 Å². The van der Waals surface area contributed by atoms with Crippen LogP contribution in [0.1, 0.15) is 29.0 Å². The van der Waals surface area contributed by atoms with Gasteiger partial charge in [-0.2, -0.15) is 0 Å². The van der Waals surface area contributed by atoms with Crippen LogP contribution in [0.15, 0.2) is 60.7 Å². The monoisotopic (exact) mass is 475 g/mol. The summed E-state index contributed by atoms with van der Waals surface area (Å²) >= 11 is 0. The summed E-state index contributed by atoms with van der Waals surface area (Å²) in [5, 5.41) is 8.94. The number of carboxylic acid groups (broad SMARTS) is 1. The van der Waals surface area contributed by atoms with Crippen molar-refractivity contribution in [2.24, 2.45) is 5.92 Å². The van der Waals surface area contributed by atoms with Crippen LogP contribution in [-0.4, -0.2) is 42.1 Å². The van der Waals surface area contributed by atoms with E-state index in [4.69, 9.17) is 14.6 Å². The lowest BCUT2D eigenvalue weighted by Crippen LogP contribution is -2.37. The van der Waals surface area contributed by atoms with E-state index in [9.17, 15) is 14.0 Å². The molecule has 180 valence electrons. The van der Waals surface area contributed by atoms with Crippen LogP contribution in [-0.2, 0) is 22.6 Å². The number of halogens is 1. The molecule has 0 unspecified atom stereocenters. The number of carbonyl (C=O) groups is 2. The average molecular weight is 476 g/mol. The van der Waals surface area contributed by atoms with Gasteiger partial charge in [0, 0.05) is 24.6 Å². The van der Waals surface area contributed by atoms with Gasteiger partial charge in [-0.15, -0.1) is 0 Å². The molecular formula is C28H26FNO5. The Morgan fingerprint density at radius 2 is 1.86 bits per heavy atom. The van der Waals surface area contributed by atoms with E-state index in [1.165, 1.54) is 11.6 Å². The number of rotatable bonds is 7. The van der Waals surface area contributed by atoms with Crippen LogP contribution in [0.3, 0.4) is 0 Å². The number of amides is 1. The SMILES string of the molecule is COc1ccc(OCC(=O)O)cc1-c1ccc(F)c2c1CN(C(=O)[C@@H]1C[C@H]1c1ccccc1)CC2. The van der Waals surface area contributed by atoms with Crippen LogP contribution in [0.4, 0.5) is 4.39 Å². The van der Waals surface area contributed by atoms with E-state index in [-0.39, 0.29) is 23.6 Å². The van der Waals surface area contributed by atoms with E-state index in [0.29, 0.717) is 42.1 Å². The van der Waals surface area contributed by atoms with Gasteiger partial charge in [0.15, 0.2) is 6.61 Å². The summed E-state index contributed by atoms with van der Waals surface area (Å²) in [4.78, 5) is 26.1. The maximum Gasteiger partial charge on any atom is 0.341 e. The van der Waals surface area contributed by atoms with Crippen molar-refractivity contribution in [2.75, 3.05) is 20.3 Å². The molecule has 1 amide bonds. The van der Waals surface area contributed by atoms with Crippen LogP contribution in [0.5, 0.6) is 11.5 Å².